The van der Waals surface area contributed by atoms with Gasteiger partial charge in [-0.2, -0.15) is 5.10 Å². The van der Waals surface area contributed by atoms with E-state index in [1.807, 2.05) is 35.0 Å². The third kappa shape index (κ3) is 2.83. The quantitative estimate of drug-likeness (QED) is 0.900. The Bertz CT molecular complexity index is 866. The van der Waals surface area contributed by atoms with Crippen LogP contribution in [0.5, 0.6) is 0 Å². The third-order valence-electron chi connectivity index (χ3n) is 6.16. The molecule has 2 aliphatic rings. The van der Waals surface area contributed by atoms with Crippen molar-refractivity contribution in [2.75, 3.05) is 7.05 Å². The second kappa shape index (κ2) is 6.83. The molecule has 2 aliphatic carbocycles. The number of nitrogens with zero attached hydrogens (tertiary/aromatic N) is 3. The lowest BCUT2D eigenvalue weighted by atomic mass is 9.80. The number of carboxylic acid groups (broad SMARTS) is 1. The van der Waals surface area contributed by atoms with Crippen molar-refractivity contribution in [3.63, 3.8) is 0 Å². The van der Waals surface area contributed by atoms with Crippen LogP contribution in [0.15, 0.2) is 30.3 Å². The maximum Gasteiger partial charge on any atom is 0.329 e. The van der Waals surface area contributed by atoms with Gasteiger partial charge in [0.25, 0.3) is 5.91 Å². The normalized spacial score (nSPS) is 18.1. The molecule has 6 heteroatoms. The van der Waals surface area contributed by atoms with Gasteiger partial charge in [0.2, 0.25) is 0 Å². The van der Waals surface area contributed by atoms with Crippen LogP contribution in [0.1, 0.15) is 60.3 Å². The number of carbonyl (C=O) groups excluding carboxylic acids is 1. The molecule has 0 saturated heterocycles. The van der Waals surface area contributed by atoms with Crippen LogP contribution in [0.4, 0.5) is 0 Å². The number of rotatable bonds is 4. The number of likely N-dealkylation sites (N-methyl/N-ethyl adjacent to an activating group) is 1. The number of hydrogen-bond acceptors (Lipinski definition) is 3. The first-order chi connectivity index (χ1) is 13.0. The fourth-order valence-corrected chi connectivity index (χ4v) is 4.57. The monoisotopic (exact) mass is 367 g/mol. The van der Waals surface area contributed by atoms with Crippen molar-refractivity contribution < 1.29 is 14.7 Å². The van der Waals surface area contributed by atoms with Crippen molar-refractivity contribution in [1.82, 2.24) is 14.7 Å². The van der Waals surface area contributed by atoms with Crippen molar-refractivity contribution in [2.24, 2.45) is 0 Å². The molecule has 0 atom stereocenters. The van der Waals surface area contributed by atoms with Gasteiger partial charge in [-0.15, -0.1) is 0 Å². The average molecular weight is 367 g/mol. The molecule has 1 saturated carbocycles. The smallest absolute Gasteiger partial charge is 0.329 e. The van der Waals surface area contributed by atoms with Gasteiger partial charge < -0.3 is 10.0 Å². The molecule has 1 heterocycles. The molecule has 6 nitrogen and oxygen atoms in total. The van der Waals surface area contributed by atoms with Crippen molar-refractivity contribution in [2.45, 2.75) is 56.9 Å². The summed E-state index contributed by atoms with van der Waals surface area (Å²) in [6, 6.07) is 9.81. The summed E-state index contributed by atoms with van der Waals surface area (Å²) in [6.07, 6.45) is 6.40. The van der Waals surface area contributed by atoms with E-state index in [0.717, 1.165) is 55.5 Å². The molecule has 1 aromatic heterocycles. The summed E-state index contributed by atoms with van der Waals surface area (Å²) in [7, 11) is 1.63. The second-order valence-electron chi connectivity index (χ2n) is 7.64. The lowest BCUT2D eigenvalue weighted by molar-refractivity contribution is -0.151. The zero-order chi connectivity index (χ0) is 19.0. The molecular weight excluding hydrogens is 342 g/mol. The lowest BCUT2D eigenvalue weighted by Gasteiger charge is -2.40. The van der Waals surface area contributed by atoms with E-state index in [4.69, 9.17) is 0 Å². The molecule has 1 amide bonds. The van der Waals surface area contributed by atoms with E-state index in [0.29, 0.717) is 18.5 Å². The lowest BCUT2D eigenvalue weighted by Crippen LogP contribution is -2.56. The Hall–Kier alpha value is -2.63. The Labute approximate surface area is 158 Å². The number of fused-ring (bicyclic) bond motifs is 1. The molecule has 0 aliphatic heterocycles. The van der Waals surface area contributed by atoms with Gasteiger partial charge in [-0.25, -0.2) is 9.48 Å². The molecule has 1 N–H and O–H groups in total. The summed E-state index contributed by atoms with van der Waals surface area (Å²) in [4.78, 5) is 26.9. The van der Waals surface area contributed by atoms with E-state index >= 15 is 0 Å². The highest BCUT2D eigenvalue weighted by Gasteiger charge is 2.46. The summed E-state index contributed by atoms with van der Waals surface area (Å²) in [5.41, 5.74) is 2.29. The Morgan fingerprint density at radius 3 is 2.44 bits per heavy atom. The standard InChI is InChI=1S/C21H25N3O3/c1-23(21(20(26)27)13-6-3-7-14-21)19(25)18-16-11-8-12-17(16)24(22-18)15-9-4-2-5-10-15/h2,4-5,9-10H,3,6-8,11-14H2,1H3,(H,26,27). The highest BCUT2D eigenvalue weighted by atomic mass is 16.4. The summed E-state index contributed by atoms with van der Waals surface area (Å²) in [5.74, 6) is -1.18. The number of amides is 1. The predicted octanol–water partition coefficient (Wildman–Crippen LogP) is 3.22. The minimum absolute atomic E-state index is 0.271. The highest BCUT2D eigenvalue weighted by Crippen LogP contribution is 2.35. The second-order valence-corrected chi connectivity index (χ2v) is 7.64. The number of carbonyl (C=O) groups is 2. The molecule has 1 fully saturated rings. The van der Waals surface area contributed by atoms with Crippen molar-refractivity contribution >= 4 is 11.9 Å². The van der Waals surface area contributed by atoms with E-state index < -0.39 is 11.5 Å². The number of carboxylic acids is 1. The van der Waals surface area contributed by atoms with Crippen LogP contribution in [0.2, 0.25) is 0 Å². The molecule has 0 bridgehead atoms. The molecule has 4 rings (SSSR count). The maximum atomic E-state index is 13.3. The molecule has 27 heavy (non-hydrogen) atoms. The van der Waals surface area contributed by atoms with Crippen molar-refractivity contribution in [3.8, 4) is 5.69 Å². The minimum atomic E-state index is -1.11. The SMILES string of the molecule is CN(C(=O)c1nn(-c2ccccc2)c2c1CCC2)C1(C(=O)O)CCCCC1. The molecule has 0 unspecified atom stereocenters. The van der Waals surface area contributed by atoms with Crippen molar-refractivity contribution in [3.05, 3.63) is 47.3 Å². The zero-order valence-corrected chi connectivity index (χ0v) is 15.6. The third-order valence-corrected chi connectivity index (χ3v) is 6.16. The average Bonchev–Trinajstić information content (AvgIpc) is 3.30. The van der Waals surface area contributed by atoms with Gasteiger partial charge in [0, 0.05) is 18.3 Å². The molecule has 0 spiro atoms. The number of aliphatic carboxylic acids is 1. The van der Waals surface area contributed by atoms with Gasteiger partial charge in [-0.05, 0) is 44.2 Å². The van der Waals surface area contributed by atoms with Crippen LogP contribution in [-0.4, -0.2) is 44.3 Å². The fourth-order valence-electron chi connectivity index (χ4n) is 4.57. The van der Waals surface area contributed by atoms with E-state index in [1.165, 1.54) is 4.90 Å². The van der Waals surface area contributed by atoms with Gasteiger partial charge in [-0.1, -0.05) is 37.5 Å². The first kappa shape index (κ1) is 17.8. The summed E-state index contributed by atoms with van der Waals surface area (Å²) < 4.78 is 1.86. The van der Waals surface area contributed by atoms with Crippen LogP contribution in [0.3, 0.4) is 0 Å². The van der Waals surface area contributed by atoms with E-state index in [2.05, 4.69) is 5.10 Å². The summed E-state index contributed by atoms with van der Waals surface area (Å²) >= 11 is 0. The van der Waals surface area contributed by atoms with Crippen LogP contribution in [0.25, 0.3) is 5.69 Å². The summed E-state index contributed by atoms with van der Waals surface area (Å²) in [6.45, 7) is 0. The van der Waals surface area contributed by atoms with E-state index in [-0.39, 0.29) is 5.91 Å². The number of aromatic nitrogens is 2. The van der Waals surface area contributed by atoms with Gasteiger partial charge in [-0.3, -0.25) is 4.79 Å². The molecule has 2 aromatic rings. The minimum Gasteiger partial charge on any atom is -0.479 e. The fraction of sp³-hybridized carbons (Fsp3) is 0.476. The van der Waals surface area contributed by atoms with Crippen LogP contribution in [-0.2, 0) is 17.6 Å². The van der Waals surface area contributed by atoms with Crippen LogP contribution in [0, 0.1) is 0 Å². The highest BCUT2D eigenvalue weighted by molar-refractivity contribution is 5.97. The van der Waals surface area contributed by atoms with Crippen LogP contribution < -0.4 is 0 Å². The Balaban J connectivity index is 1.73. The first-order valence-corrected chi connectivity index (χ1v) is 9.72. The molecular formula is C21H25N3O3. The Morgan fingerprint density at radius 1 is 1.07 bits per heavy atom. The van der Waals surface area contributed by atoms with E-state index in [1.54, 1.807) is 7.05 Å². The Kier molecular flexibility index (Phi) is 4.50. The zero-order valence-electron chi connectivity index (χ0n) is 15.6. The number of para-hydroxylation sites is 1. The van der Waals surface area contributed by atoms with Gasteiger partial charge in [0.1, 0.15) is 5.54 Å². The molecule has 0 radical (unpaired) electrons. The van der Waals surface area contributed by atoms with Gasteiger partial charge in [0.05, 0.1) is 5.69 Å². The van der Waals surface area contributed by atoms with Crippen LogP contribution >= 0.6 is 0 Å². The largest absolute Gasteiger partial charge is 0.479 e. The topological polar surface area (TPSA) is 75.4 Å². The van der Waals surface area contributed by atoms with Gasteiger partial charge >= 0.3 is 5.97 Å². The first-order valence-electron chi connectivity index (χ1n) is 9.72. The van der Waals surface area contributed by atoms with E-state index in [9.17, 15) is 14.7 Å². The number of benzene rings is 1. The maximum absolute atomic E-state index is 13.3. The molecule has 1 aromatic carbocycles. The van der Waals surface area contributed by atoms with Crippen molar-refractivity contribution in [1.29, 1.82) is 0 Å². The Morgan fingerprint density at radius 2 is 1.78 bits per heavy atom. The predicted molar refractivity (Wildman–Crippen MR) is 101 cm³/mol. The molecule has 142 valence electrons. The summed E-state index contributed by atoms with van der Waals surface area (Å²) in [5, 5.41) is 14.6. The number of hydrogen-bond donors (Lipinski definition) is 1. The van der Waals surface area contributed by atoms with Gasteiger partial charge in [0.15, 0.2) is 5.69 Å².